The van der Waals surface area contributed by atoms with Crippen LogP contribution in [0.1, 0.15) is 24.6 Å². The Morgan fingerprint density at radius 1 is 1.21 bits per heavy atom. The molecule has 148 valence electrons. The van der Waals surface area contributed by atoms with Crippen LogP contribution in [0.3, 0.4) is 0 Å². The predicted octanol–water partition coefficient (Wildman–Crippen LogP) is 3.21. The molecule has 28 heavy (non-hydrogen) atoms. The van der Waals surface area contributed by atoms with Gasteiger partial charge in [0.05, 0.1) is 6.54 Å². The highest BCUT2D eigenvalue weighted by atomic mass is 32.1. The summed E-state index contributed by atoms with van der Waals surface area (Å²) in [5.41, 5.74) is 0.768. The van der Waals surface area contributed by atoms with Crippen LogP contribution in [0.2, 0.25) is 0 Å². The highest BCUT2D eigenvalue weighted by molar-refractivity contribution is 7.09. The number of nitrogens with zero attached hydrogens (tertiary/aromatic N) is 1. The Hall–Kier alpha value is -2.54. The predicted molar refractivity (Wildman–Crippen MR) is 108 cm³/mol. The van der Waals surface area contributed by atoms with E-state index in [0.717, 1.165) is 17.0 Å². The second-order valence-electron chi connectivity index (χ2n) is 7.25. The molecule has 2 unspecified atom stereocenters. The molecule has 4 rings (SSSR count). The first-order valence-corrected chi connectivity index (χ1v) is 10.5. The molecule has 0 bridgehead atoms. The highest BCUT2D eigenvalue weighted by Gasteiger charge is 2.38. The third-order valence-electron chi connectivity index (χ3n) is 5.12. The Bertz CT molecular complexity index is 852. The summed E-state index contributed by atoms with van der Waals surface area (Å²) in [4.78, 5) is 27.8. The number of benzene rings is 1. The van der Waals surface area contributed by atoms with Crippen molar-refractivity contribution in [2.45, 2.75) is 26.3 Å². The normalized spacial score (nSPS) is 19.8. The molecule has 2 amide bonds. The fourth-order valence-corrected chi connectivity index (χ4v) is 4.02. The van der Waals surface area contributed by atoms with E-state index in [9.17, 15) is 9.59 Å². The smallest absolute Gasteiger partial charge is 0.229 e. The van der Waals surface area contributed by atoms with Crippen LogP contribution in [0.5, 0.6) is 11.5 Å². The Morgan fingerprint density at radius 3 is 2.71 bits per heavy atom. The van der Waals surface area contributed by atoms with Gasteiger partial charge in [0.25, 0.3) is 0 Å². The van der Waals surface area contributed by atoms with E-state index in [1.165, 1.54) is 0 Å². The number of thiophene rings is 1. The first kappa shape index (κ1) is 18.8. The van der Waals surface area contributed by atoms with Crippen molar-refractivity contribution in [2.24, 2.45) is 11.8 Å². The van der Waals surface area contributed by atoms with Crippen LogP contribution >= 0.6 is 11.3 Å². The molecular weight excluding hydrogens is 376 g/mol. The number of nitrogens with one attached hydrogen (secondary N) is 1. The average Bonchev–Trinajstić information content (AvgIpc) is 3.22. The molecule has 1 N–H and O–H groups in total. The average molecular weight is 401 g/mol. The minimum Gasteiger partial charge on any atom is -0.486 e. The van der Waals surface area contributed by atoms with Crippen molar-refractivity contribution in [3.05, 3.63) is 40.6 Å². The second-order valence-corrected chi connectivity index (χ2v) is 8.28. The zero-order chi connectivity index (χ0) is 19.5. The molecule has 1 aromatic carbocycles. The minimum atomic E-state index is -0.0331. The first-order chi connectivity index (χ1) is 13.6. The summed E-state index contributed by atoms with van der Waals surface area (Å²) in [6, 6.07) is 9.56. The van der Waals surface area contributed by atoms with Gasteiger partial charge in [-0.2, -0.15) is 0 Å². The minimum absolute atomic E-state index is 0.0331. The maximum Gasteiger partial charge on any atom is 0.229 e. The summed E-state index contributed by atoms with van der Waals surface area (Å²) in [5, 5.41) is 4.89. The van der Waals surface area contributed by atoms with Gasteiger partial charge in [0.1, 0.15) is 13.2 Å². The van der Waals surface area contributed by atoms with E-state index < -0.39 is 0 Å². The molecule has 2 atom stereocenters. The Labute approximate surface area is 168 Å². The number of rotatable bonds is 7. The van der Waals surface area contributed by atoms with Gasteiger partial charge in [0, 0.05) is 35.5 Å². The molecule has 0 spiro atoms. The second kappa shape index (κ2) is 8.22. The van der Waals surface area contributed by atoms with Crippen molar-refractivity contribution >= 4 is 28.8 Å². The number of anilines is 1. The fourth-order valence-electron chi connectivity index (χ4n) is 3.33. The van der Waals surface area contributed by atoms with Gasteiger partial charge in [-0.15, -0.1) is 11.3 Å². The summed E-state index contributed by atoms with van der Waals surface area (Å²) in [6.45, 7) is 3.95. The molecule has 0 radical (unpaired) electrons. The summed E-state index contributed by atoms with van der Waals surface area (Å²) < 4.78 is 11.2. The molecule has 7 heteroatoms. The number of carbonyl (C=O) groups excluding carboxylic acids is 2. The standard InChI is InChI=1S/C21H24N2O4S/c1-14-11-17(14)21(25)22-7-6-20(24)23(13-16-3-2-10-28-16)15-4-5-18-19(12-15)27-9-8-26-18/h2-5,10,12,14,17H,6-9,11,13H2,1H3,(H,22,25). The van der Waals surface area contributed by atoms with Gasteiger partial charge < -0.3 is 19.7 Å². The van der Waals surface area contributed by atoms with Crippen LogP contribution in [0, 0.1) is 11.8 Å². The maximum atomic E-state index is 13.0. The van der Waals surface area contributed by atoms with E-state index >= 15 is 0 Å². The van der Waals surface area contributed by atoms with E-state index in [4.69, 9.17) is 9.47 Å². The van der Waals surface area contributed by atoms with Gasteiger partial charge >= 0.3 is 0 Å². The first-order valence-electron chi connectivity index (χ1n) is 9.62. The van der Waals surface area contributed by atoms with Gasteiger partial charge in [0.2, 0.25) is 11.8 Å². The van der Waals surface area contributed by atoms with Crippen LogP contribution in [0.25, 0.3) is 0 Å². The van der Waals surface area contributed by atoms with Crippen LogP contribution in [-0.4, -0.2) is 31.6 Å². The van der Waals surface area contributed by atoms with E-state index in [2.05, 4.69) is 12.2 Å². The third-order valence-corrected chi connectivity index (χ3v) is 5.98. The molecule has 2 aromatic rings. The monoisotopic (exact) mass is 400 g/mol. The third kappa shape index (κ3) is 4.30. The SMILES string of the molecule is CC1CC1C(=O)NCCC(=O)N(Cc1cccs1)c1ccc2c(c1)OCCO2. The van der Waals surface area contributed by atoms with E-state index in [1.54, 1.807) is 16.2 Å². The summed E-state index contributed by atoms with van der Waals surface area (Å²) in [5.74, 6) is 1.96. The lowest BCUT2D eigenvalue weighted by molar-refractivity contribution is -0.122. The van der Waals surface area contributed by atoms with Crippen molar-refractivity contribution in [1.29, 1.82) is 0 Å². The number of fused-ring (bicyclic) bond motifs is 1. The zero-order valence-electron chi connectivity index (χ0n) is 15.8. The van der Waals surface area contributed by atoms with Crippen LogP contribution < -0.4 is 19.7 Å². The van der Waals surface area contributed by atoms with Crippen LogP contribution in [0.15, 0.2) is 35.7 Å². The van der Waals surface area contributed by atoms with E-state index in [1.807, 2.05) is 35.7 Å². The molecule has 1 aromatic heterocycles. The number of ether oxygens (including phenoxy) is 2. The summed E-state index contributed by atoms with van der Waals surface area (Å²) in [7, 11) is 0. The molecular formula is C21H24N2O4S. The highest BCUT2D eigenvalue weighted by Crippen LogP contribution is 2.37. The molecule has 2 aliphatic rings. The van der Waals surface area contributed by atoms with Crippen molar-refractivity contribution < 1.29 is 19.1 Å². The lowest BCUT2D eigenvalue weighted by Crippen LogP contribution is -2.34. The van der Waals surface area contributed by atoms with Gasteiger partial charge in [-0.25, -0.2) is 0 Å². The molecule has 1 aliphatic heterocycles. The van der Waals surface area contributed by atoms with E-state index in [-0.39, 0.29) is 24.2 Å². The van der Waals surface area contributed by atoms with E-state index in [0.29, 0.717) is 43.7 Å². The lowest BCUT2D eigenvalue weighted by Gasteiger charge is -2.25. The van der Waals surface area contributed by atoms with Crippen molar-refractivity contribution in [3.8, 4) is 11.5 Å². The van der Waals surface area contributed by atoms with Crippen molar-refractivity contribution in [2.75, 3.05) is 24.7 Å². The van der Waals surface area contributed by atoms with Crippen molar-refractivity contribution in [3.63, 3.8) is 0 Å². The van der Waals surface area contributed by atoms with Gasteiger partial charge in [-0.05, 0) is 35.9 Å². The van der Waals surface area contributed by atoms with Crippen LogP contribution in [-0.2, 0) is 16.1 Å². The molecule has 1 aliphatic carbocycles. The number of carbonyl (C=O) groups is 2. The summed E-state index contributed by atoms with van der Waals surface area (Å²) >= 11 is 1.61. The Kier molecular flexibility index (Phi) is 5.52. The molecule has 1 fully saturated rings. The Balaban J connectivity index is 1.45. The van der Waals surface area contributed by atoms with Gasteiger partial charge in [-0.3, -0.25) is 9.59 Å². The molecule has 6 nitrogen and oxygen atoms in total. The summed E-state index contributed by atoms with van der Waals surface area (Å²) in [6.07, 6.45) is 1.20. The molecule has 1 saturated carbocycles. The zero-order valence-corrected chi connectivity index (χ0v) is 16.7. The number of hydrogen-bond acceptors (Lipinski definition) is 5. The lowest BCUT2D eigenvalue weighted by atomic mass is 10.2. The number of amides is 2. The maximum absolute atomic E-state index is 13.0. The van der Waals surface area contributed by atoms with Gasteiger partial charge in [-0.1, -0.05) is 13.0 Å². The van der Waals surface area contributed by atoms with Crippen molar-refractivity contribution in [1.82, 2.24) is 5.32 Å². The largest absolute Gasteiger partial charge is 0.486 e. The number of hydrogen-bond donors (Lipinski definition) is 1. The molecule has 0 saturated heterocycles. The quantitative estimate of drug-likeness (QED) is 0.775. The Morgan fingerprint density at radius 2 is 2.00 bits per heavy atom. The van der Waals surface area contributed by atoms with Crippen LogP contribution in [0.4, 0.5) is 5.69 Å². The van der Waals surface area contributed by atoms with Gasteiger partial charge in [0.15, 0.2) is 11.5 Å². The topological polar surface area (TPSA) is 67.9 Å². The molecule has 2 heterocycles. The fraction of sp³-hybridized carbons (Fsp3) is 0.429.